The molecule has 21 heavy (non-hydrogen) atoms. The fraction of sp³-hybridized carbons (Fsp3) is 0.417. The van der Waals surface area contributed by atoms with Gasteiger partial charge in [-0.3, -0.25) is 24.4 Å². The van der Waals surface area contributed by atoms with E-state index in [0.717, 1.165) is 0 Å². The molecule has 1 aliphatic heterocycles. The lowest BCUT2D eigenvalue weighted by molar-refractivity contribution is -0.134. The Hall–Kier alpha value is -1.87. The Balaban J connectivity index is 2.25. The van der Waals surface area contributed by atoms with Gasteiger partial charge in [-0.1, -0.05) is 0 Å². The Bertz CT molecular complexity index is 689. The second-order valence-electron chi connectivity index (χ2n) is 4.71. The Morgan fingerprint density at radius 1 is 1.43 bits per heavy atom. The van der Waals surface area contributed by atoms with Crippen LogP contribution in [0.15, 0.2) is 12.3 Å². The van der Waals surface area contributed by atoms with Gasteiger partial charge in [-0.25, -0.2) is 4.39 Å². The van der Waals surface area contributed by atoms with Gasteiger partial charge in [0, 0.05) is 12.6 Å². The van der Waals surface area contributed by atoms with Crippen molar-refractivity contribution < 1.29 is 27.0 Å². The molecule has 2 heterocycles. The van der Waals surface area contributed by atoms with Crippen molar-refractivity contribution in [3.8, 4) is 0 Å². The standard InChI is InChI=1S/C12H13FN2O5S/c13-10-7(4-6-21(18,19)20)3-5-14-11(10)8-1-2-9(16)15-12(8)17/h3,5,8H,1-2,4,6H2,(H,15,16,17)(H,18,19,20). The Labute approximate surface area is 120 Å². The second-order valence-corrected chi connectivity index (χ2v) is 6.28. The van der Waals surface area contributed by atoms with Gasteiger partial charge in [0.2, 0.25) is 11.8 Å². The number of carbonyl (C=O) groups is 2. The molecular formula is C12H13FN2O5S. The first-order chi connectivity index (χ1) is 9.78. The summed E-state index contributed by atoms with van der Waals surface area (Å²) >= 11 is 0. The van der Waals surface area contributed by atoms with Crippen LogP contribution in [0, 0.1) is 5.82 Å². The summed E-state index contributed by atoms with van der Waals surface area (Å²) in [7, 11) is -4.21. The van der Waals surface area contributed by atoms with Crippen molar-refractivity contribution in [3.05, 3.63) is 29.3 Å². The number of carbonyl (C=O) groups excluding carboxylic acids is 2. The van der Waals surface area contributed by atoms with Crippen molar-refractivity contribution in [1.29, 1.82) is 0 Å². The van der Waals surface area contributed by atoms with Crippen LogP contribution in [0.2, 0.25) is 0 Å². The molecule has 1 atom stereocenters. The third-order valence-electron chi connectivity index (χ3n) is 3.19. The van der Waals surface area contributed by atoms with E-state index in [0.29, 0.717) is 0 Å². The fourth-order valence-electron chi connectivity index (χ4n) is 2.13. The van der Waals surface area contributed by atoms with Crippen LogP contribution in [0.1, 0.15) is 30.0 Å². The number of piperidine rings is 1. The summed E-state index contributed by atoms with van der Waals surface area (Å²) in [6.07, 6.45) is 1.28. The van der Waals surface area contributed by atoms with E-state index in [4.69, 9.17) is 4.55 Å². The van der Waals surface area contributed by atoms with Crippen LogP contribution in [0.25, 0.3) is 0 Å². The zero-order valence-corrected chi connectivity index (χ0v) is 11.7. The third kappa shape index (κ3) is 3.82. The van der Waals surface area contributed by atoms with E-state index in [-0.39, 0.29) is 30.5 Å². The number of nitrogens with zero attached hydrogens (tertiary/aromatic N) is 1. The summed E-state index contributed by atoms with van der Waals surface area (Å²) in [5.74, 6) is -3.32. The Morgan fingerprint density at radius 2 is 2.14 bits per heavy atom. The molecule has 114 valence electrons. The lowest BCUT2D eigenvalue weighted by atomic mass is 9.93. The topological polar surface area (TPSA) is 113 Å². The second kappa shape index (κ2) is 5.86. The maximum absolute atomic E-state index is 14.3. The molecule has 1 unspecified atom stereocenters. The van der Waals surface area contributed by atoms with E-state index in [2.05, 4.69) is 10.3 Å². The molecule has 2 N–H and O–H groups in total. The molecule has 2 amide bonds. The van der Waals surface area contributed by atoms with Crippen molar-refractivity contribution in [2.24, 2.45) is 0 Å². The Kier molecular flexibility index (Phi) is 4.33. The summed E-state index contributed by atoms with van der Waals surface area (Å²) in [4.78, 5) is 26.6. The van der Waals surface area contributed by atoms with E-state index in [9.17, 15) is 22.4 Å². The zero-order chi connectivity index (χ0) is 15.6. The van der Waals surface area contributed by atoms with Gasteiger partial charge in [0.15, 0.2) is 0 Å². The van der Waals surface area contributed by atoms with Crippen LogP contribution in [0.5, 0.6) is 0 Å². The molecule has 0 bridgehead atoms. The van der Waals surface area contributed by atoms with Gasteiger partial charge in [0.05, 0.1) is 17.4 Å². The minimum Gasteiger partial charge on any atom is -0.296 e. The first-order valence-electron chi connectivity index (χ1n) is 6.20. The van der Waals surface area contributed by atoms with E-state index in [1.165, 1.54) is 12.3 Å². The number of aryl methyl sites for hydroxylation is 1. The molecule has 0 spiro atoms. The van der Waals surface area contributed by atoms with Crippen LogP contribution in [0.3, 0.4) is 0 Å². The largest absolute Gasteiger partial charge is 0.296 e. The first-order valence-corrected chi connectivity index (χ1v) is 7.81. The van der Waals surface area contributed by atoms with Gasteiger partial charge in [0.25, 0.3) is 10.1 Å². The molecule has 1 aromatic rings. The van der Waals surface area contributed by atoms with Gasteiger partial charge in [-0.05, 0) is 24.5 Å². The third-order valence-corrected chi connectivity index (χ3v) is 3.91. The minimum atomic E-state index is -4.21. The highest BCUT2D eigenvalue weighted by atomic mass is 32.2. The number of aromatic nitrogens is 1. The van der Waals surface area contributed by atoms with Crippen molar-refractivity contribution >= 4 is 21.9 Å². The number of imide groups is 1. The highest BCUT2D eigenvalue weighted by Crippen LogP contribution is 2.26. The van der Waals surface area contributed by atoms with Crippen molar-refractivity contribution in [2.45, 2.75) is 25.2 Å². The highest BCUT2D eigenvalue weighted by molar-refractivity contribution is 7.85. The zero-order valence-electron chi connectivity index (χ0n) is 10.9. The number of pyridine rings is 1. The summed E-state index contributed by atoms with van der Waals surface area (Å²) in [6.45, 7) is 0. The van der Waals surface area contributed by atoms with E-state index in [1.54, 1.807) is 0 Å². The maximum Gasteiger partial charge on any atom is 0.265 e. The van der Waals surface area contributed by atoms with Gasteiger partial charge >= 0.3 is 0 Å². The smallest absolute Gasteiger partial charge is 0.265 e. The number of hydrogen-bond donors (Lipinski definition) is 2. The predicted octanol–water partition coefficient (Wildman–Crippen LogP) is 0.171. The van der Waals surface area contributed by atoms with Crippen LogP contribution < -0.4 is 5.32 Å². The predicted molar refractivity (Wildman–Crippen MR) is 69.4 cm³/mol. The number of nitrogens with one attached hydrogen (secondary N) is 1. The molecular weight excluding hydrogens is 303 g/mol. The van der Waals surface area contributed by atoms with Crippen LogP contribution >= 0.6 is 0 Å². The fourth-order valence-corrected chi connectivity index (χ4v) is 2.61. The van der Waals surface area contributed by atoms with Gasteiger partial charge < -0.3 is 0 Å². The van der Waals surface area contributed by atoms with E-state index in [1.807, 2.05) is 0 Å². The molecule has 9 heteroatoms. The molecule has 0 aliphatic carbocycles. The van der Waals surface area contributed by atoms with Gasteiger partial charge in [0.1, 0.15) is 5.82 Å². The lowest BCUT2D eigenvalue weighted by Gasteiger charge is -2.21. The summed E-state index contributed by atoms with van der Waals surface area (Å²) in [5, 5.41) is 2.11. The Morgan fingerprint density at radius 3 is 2.76 bits per heavy atom. The number of rotatable bonds is 4. The molecule has 7 nitrogen and oxygen atoms in total. The first kappa shape index (κ1) is 15.5. The summed E-state index contributed by atoms with van der Waals surface area (Å²) < 4.78 is 44.4. The lowest BCUT2D eigenvalue weighted by Crippen LogP contribution is -2.40. The van der Waals surface area contributed by atoms with Crippen LogP contribution in [-0.4, -0.2) is 35.5 Å². The van der Waals surface area contributed by atoms with Gasteiger partial charge in [-0.15, -0.1) is 0 Å². The molecule has 1 saturated heterocycles. The van der Waals surface area contributed by atoms with Crippen molar-refractivity contribution in [3.63, 3.8) is 0 Å². The molecule has 1 aromatic heterocycles. The summed E-state index contributed by atoms with van der Waals surface area (Å²) in [5.41, 5.74) is -0.0739. The van der Waals surface area contributed by atoms with E-state index < -0.39 is 39.4 Å². The SMILES string of the molecule is O=C1CCC(c2nccc(CCS(=O)(=O)O)c2F)C(=O)N1. The molecule has 1 fully saturated rings. The number of hydrogen-bond acceptors (Lipinski definition) is 5. The average Bonchev–Trinajstić information content (AvgIpc) is 2.37. The molecule has 0 aromatic carbocycles. The number of amides is 2. The summed E-state index contributed by atoms with van der Waals surface area (Å²) in [6, 6.07) is 1.29. The maximum atomic E-state index is 14.3. The van der Waals surface area contributed by atoms with Crippen LogP contribution in [0.4, 0.5) is 4.39 Å². The normalized spacial score (nSPS) is 19.4. The molecule has 2 rings (SSSR count). The molecule has 1 aliphatic rings. The van der Waals surface area contributed by atoms with Gasteiger partial charge in [-0.2, -0.15) is 8.42 Å². The van der Waals surface area contributed by atoms with Crippen molar-refractivity contribution in [1.82, 2.24) is 10.3 Å². The van der Waals surface area contributed by atoms with Crippen molar-refractivity contribution in [2.75, 3.05) is 5.75 Å². The highest BCUT2D eigenvalue weighted by Gasteiger charge is 2.31. The quantitative estimate of drug-likeness (QED) is 0.605. The van der Waals surface area contributed by atoms with E-state index >= 15 is 0 Å². The number of halogens is 1. The molecule has 0 radical (unpaired) electrons. The average molecular weight is 316 g/mol. The van der Waals surface area contributed by atoms with Crippen LogP contribution in [-0.2, 0) is 26.1 Å². The molecule has 0 saturated carbocycles. The monoisotopic (exact) mass is 316 g/mol. The minimum absolute atomic E-state index is 0.0438.